The molecule has 0 spiro atoms. The maximum atomic E-state index is 11.6. The summed E-state index contributed by atoms with van der Waals surface area (Å²) in [7, 11) is 0. The van der Waals surface area contributed by atoms with Crippen LogP contribution in [0.5, 0.6) is 0 Å². The van der Waals surface area contributed by atoms with Gasteiger partial charge in [-0.25, -0.2) is 0 Å². The van der Waals surface area contributed by atoms with Crippen LogP contribution < -0.4 is 5.32 Å². The zero-order chi connectivity index (χ0) is 13.0. The minimum Gasteiger partial charge on any atom is -0.371 e. The lowest BCUT2D eigenvalue weighted by Crippen LogP contribution is -2.36. The van der Waals surface area contributed by atoms with Crippen molar-refractivity contribution in [1.82, 2.24) is 5.32 Å². The summed E-state index contributed by atoms with van der Waals surface area (Å²) >= 11 is 5.87. The van der Waals surface area contributed by atoms with Crippen molar-refractivity contribution in [3.63, 3.8) is 0 Å². The Balaban J connectivity index is 2.03. The zero-order valence-corrected chi connectivity index (χ0v) is 11.2. The van der Waals surface area contributed by atoms with Gasteiger partial charge in [0.15, 0.2) is 0 Å². The second kappa shape index (κ2) is 6.21. The molecule has 0 radical (unpaired) electrons. The van der Waals surface area contributed by atoms with Crippen LogP contribution in [0.25, 0.3) is 0 Å². The molecule has 1 fully saturated rings. The number of carbonyl (C=O) groups is 1. The molecule has 0 aromatic heterocycles. The van der Waals surface area contributed by atoms with Gasteiger partial charge in [0.05, 0.1) is 6.04 Å². The lowest BCUT2D eigenvalue weighted by Gasteiger charge is -2.20. The molecule has 0 aliphatic carbocycles. The molecule has 0 unspecified atom stereocenters. The Kier molecular flexibility index (Phi) is 4.61. The molecule has 2 atom stereocenters. The van der Waals surface area contributed by atoms with E-state index < -0.39 is 0 Å². The second-order valence-electron chi connectivity index (χ2n) is 4.56. The van der Waals surface area contributed by atoms with Gasteiger partial charge in [-0.1, -0.05) is 30.7 Å². The monoisotopic (exact) mass is 267 g/mol. The van der Waals surface area contributed by atoms with Crippen LogP contribution in [0, 0.1) is 0 Å². The van der Waals surface area contributed by atoms with Crippen molar-refractivity contribution in [2.45, 2.75) is 38.3 Å². The fourth-order valence-corrected chi connectivity index (χ4v) is 2.35. The second-order valence-corrected chi connectivity index (χ2v) is 4.99. The molecule has 98 valence electrons. The van der Waals surface area contributed by atoms with Crippen molar-refractivity contribution >= 4 is 17.5 Å². The van der Waals surface area contributed by atoms with Crippen molar-refractivity contribution in [1.29, 1.82) is 0 Å². The van der Waals surface area contributed by atoms with Gasteiger partial charge in [-0.2, -0.15) is 0 Å². The average Bonchev–Trinajstić information content (AvgIpc) is 2.78. The van der Waals surface area contributed by atoms with E-state index in [1.807, 2.05) is 31.2 Å². The van der Waals surface area contributed by atoms with E-state index in [1.54, 1.807) is 0 Å². The standard InChI is InChI=1S/C14H18ClNO2/c1-2-3-13(17)16-12-8-9-18-14(12)10-4-6-11(15)7-5-10/h4-7,12,14H,2-3,8-9H2,1H3,(H,16,17)/t12-,14-/m1/s1. The minimum absolute atomic E-state index is 0.0527. The molecule has 1 aliphatic rings. The molecule has 18 heavy (non-hydrogen) atoms. The molecular formula is C14H18ClNO2. The highest BCUT2D eigenvalue weighted by Gasteiger charge is 2.30. The highest BCUT2D eigenvalue weighted by molar-refractivity contribution is 6.30. The first kappa shape index (κ1) is 13.4. The zero-order valence-electron chi connectivity index (χ0n) is 10.5. The summed E-state index contributed by atoms with van der Waals surface area (Å²) in [5.41, 5.74) is 1.07. The van der Waals surface area contributed by atoms with E-state index in [4.69, 9.17) is 16.3 Å². The average molecular weight is 268 g/mol. The summed E-state index contributed by atoms with van der Waals surface area (Å²) in [5.74, 6) is 0.104. The number of carbonyl (C=O) groups excluding carboxylic acids is 1. The van der Waals surface area contributed by atoms with Crippen molar-refractivity contribution in [3.05, 3.63) is 34.9 Å². The molecule has 1 aromatic carbocycles. The lowest BCUT2D eigenvalue weighted by molar-refractivity contribution is -0.122. The first-order valence-electron chi connectivity index (χ1n) is 6.37. The van der Waals surface area contributed by atoms with Gasteiger partial charge in [-0.05, 0) is 30.5 Å². The normalized spacial score (nSPS) is 23.0. The topological polar surface area (TPSA) is 38.3 Å². The summed E-state index contributed by atoms with van der Waals surface area (Å²) in [6.45, 7) is 2.69. The summed E-state index contributed by atoms with van der Waals surface area (Å²) in [6, 6.07) is 7.69. The van der Waals surface area contributed by atoms with Gasteiger partial charge in [-0.15, -0.1) is 0 Å². The molecule has 0 saturated carbocycles. The highest BCUT2D eigenvalue weighted by atomic mass is 35.5. The maximum Gasteiger partial charge on any atom is 0.220 e. The third-order valence-corrected chi connectivity index (χ3v) is 3.37. The van der Waals surface area contributed by atoms with Crippen LogP contribution in [0.1, 0.15) is 37.9 Å². The van der Waals surface area contributed by atoms with E-state index in [9.17, 15) is 4.79 Å². The number of benzene rings is 1. The predicted octanol–water partition coefficient (Wildman–Crippen LogP) is 3.09. The van der Waals surface area contributed by atoms with Crippen molar-refractivity contribution < 1.29 is 9.53 Å². The Bertz CT molecular complexity index is 405. The molecule has 2 rings (SSSR count). The fraction of sp³-hybridized carbons (Fsp3) is 0.500. The van der Waals surface area contributed by atoms with Gasteiger partial charge in [0, 0.05) is 18.1 Å². The highest BCUT2D eigenvalue weighted by Crippen LogP contribution is 2.29. The number of rotatable bonds is 4. The number of halogens is 1. The van der Waals surface area contributed by atoms with Crippen LogP contribution in [0.3, 0.4) is 0 Å². The molecule has 0 bridgehead atoms. The third kappa shape index (κ3) is 3.24. The molecule has 1 heterocycles. The van der Waals surface area contributed by atoms with E-state index in [1.165, 1.54) is 0 Å². The first-order chi connectivity index (χ1) is 8.70. The SMILES string of the molecule is CCCC(=O)N[C@@H]1CCO[C@@H]1c1ccc(Cl)cc1. The Morgan fingerprint density at radius 3 is 2.83 bits per heavy atom. The summed E-state index contributed by atoms with van der Waals surface area (Å²) in [5, 5.41) is 3.76. The lowest BCUT2D eigenvalue weighted by atomic mass is 10.0. The van der Waals surface area contributed by atoms with Gasteiger partial charge in [0.2, 0.25) is 5.91 Å². The number of hydrogen-bond acceptors (Lipinski definition) is 2. The van der Waals surface area contributed by atoms with Crippen molar-refractivity contribution in [2.75, 3.05) is 6.61 Å². The first-order valence-corrected chi connectivity index (χ1v) is 6.75. The van der Waals surface area contributed by atoms with Gasteiger partial charge >= 0.3 is 0 Å². The van der Waals surface area contributed by atoms with E-state index in [0.29, 0.717) is 18.1 Å². The molecular weight excluding hydrogens is 250 g/mol. The van der Waals surface area contributed by atoms with Gasteiger partial charge in [-0.3, -0.25) is 4.79 Å². The third-order valence-electron chi connectivity index (χ3n) is 3.11. The van der Waals surface area contributed by atoms with Crippen LogP contribution in [0.2, 0.25) is 5.02 Å². The molecule has 1 N–H and O–H groups in total. The fourth-order valence-electron chi connectivity index (χ4n) is 2.22. The summed E-state index contributed by atoms with van der Waals surface area (Å²) < 4.78 is 5.71. The molecule has 1 aliphatic heterocycles. The molecule has 3 nitrogen and oxygen atoms in total. The number of nitrogens with one attached hydrogen (secondary N) is 1. The van der Waals surface area contributed by atoms with E-state index in [2.05, 4.69) is 5.32 Å². The molecule has 1 amide bonds. The van der Waals surface area contributed by atoms with Crippen LogP contribution in [0.15, 0.2) is 24.3 Å². The van der Waals surface area contributed by atoms with E-state index in [-0.39, 0.29) is 18.1 Å². The van der Waals surface area contributed by atoms with Gasteiger partial charge in [0.25, 0.3) is 0 Å². The minimum atomic E-state index is -0.0527. The maximum absolute atomic E-state index is 11.6. The Labute approximate surface area is 112 Å². The Hall–Kier alpha value is -1.06. The van der Waals surface area contributed by atoms with E-state index >= 15 is 0 Å². The van der Waals surface area contributed by atoms with E-state index in [0.717, 1.165) is 18.4 Å². The van der Waals surface area contributed by atoms with Crippen molar-refractivity contribution in [3.8, 4) is 0 Å². The molecule has 1 saturated heterocycles. The number of hydrogen-bond donors (Lipinski definition) is 1. The number of amides is 1. The molecule has 1 aromatic rings. The van der Waals surface area contributed by atoms with Gasteiger partial charge in [0.1, 0.15) is 6.10 Å². The van der Waals surface area contributed by atoms with Crippen LogP contribution in [-0.2, 0) is 9.53 Å². The quantitative estimate of drug-likeness (QED) is 0.910. The largest absolute Gasteiger partial charge is 0.371 e. The predicted molar refractivity (Wildman–Crippen MR) is 71.6 cm³/mol. The van der Waals surface area contributed by atoms with Gasteiger partial charge < -0.3 is 10.1 Å². The Morgan fingerprint density at radius 1 is 1.44 bits per heavy atom. The summed E-state index contributed by atoms with van der Waals surface area (Å²) in [6.07, 6.45) is 2.25. The smallest absolute Gasteiger partial charge is 0.220 e. The van der Waals surface area contributed by atoms with Crippen LogP contribution >= 0.6 is 11.6 Å². The van der Waals surface area contributed by atoms with Crippen LogP contribution in [0.4, 0.5) is 0 Å². The van der Waals surface area contributed by atoms with Crippen molar-refractivity contribution in [2.24, 2.45) is 0 Å². The Morgan fingerprint density at radius 2 is 2.17 bits per heavy atom. The number of ether oxygens (including phenoxy) is 1. The summed E-state index contributed by atoms with van der Waals surface area (Å²) in [4.78, 5) is 11.6. The molecule has 4 heteroatoms. The van der Waals surface area contributed by atoms with Crippen LogP contribution in [-0.4, -0.2) is 18.6 Å².